The molecule has 0 aliphatic heterocycles. The van der Waals surface area contributed by atoms with E-state index in [2.05, 4.69) is 10.0 Å². The Kier molecular flexibility index (Phi) is 5.80. The van der Waals surface area contributed by atoms with Gasteiger partial charge in [0.25, 0.3) is 0 Å². The number of ether oxygens (including phenoxy) is 1. The van der Waals surface area contributed by atoms with E-state index in [4.69, 9.17) is 14.7 Å². The van der Waals surface area contributed by atoms with E-state index in [-0.39, 0.29) is 12.3 Å². The smallest absolute Gasteiger partial charge is 0.340 e. The van der Waals surface area contributed by atoms with E-state index in [0.29, 0.717) is 5.76 Å². The highest BCUT2D eigenvalue weighted by Crippen LogP contribution is 2.16. The van der Waals surface area contributed by atoms with Crippen molar-refractivity contribution in [2.24, 2.45) is 5.11 Å². The van der Waals surface area contributed by atoms with Gasteiger partial charge in [-0.1, -0.05) is 47.6 Å². The van der Waals surface area contributed by atoms with Gasteiger partial charge in [0.1, 0.15) is 11.5 Å². The number of rotatable bonds is 6. The quantitative estimate of drug-likeness (QED) is 0.255. The number of benzene rings is 1. The fraction of sp³-hybridized carbons (Fsp3) is 0.118. The van der Waals surface area contributed by atoms with E-state index in [1.54, 1.807) is 19.3 Å². The van der Waals surface area contributed by atoms with Gasteiger partial charge in [0, 0.05) is 10.5 Å². The molecule has 0 amide bonds. The number of hydrogen-bond donors (Lipinski definition) is 0. The molecule has 0 unspecified atom stereocenters. The summed E-state index contributed by atoms with van der Waals surface area (Å²) in [4.78, 5) is 14.3. The van der Waals surface area contributed by atoms with Crippen molar-refractivity contribution in [3.8, 4) is 0 Å². The van der Waals surface area contributed by atoms with Crippen molar-refractivity contribution in [2.45, 2.75) is 6.92 Å². The van der Waals surface area contributed by atoms with Crippen molar-refractivity contribution in [1.29, 1.82) is 0 Å². The minimum Gasteiger partial charge on any atom is -0.464 e. The fourth-order valence-corrected chi connectivity index (χ4v) is 1.80. The van der Waals surface area contributed by atoms with Crippen molar-refractivity contribution >= 4 is 24.2 Å². The second kappa shape index (κ2) is 8.26. The van der Waals surface area contributed by atoms with Crippen LogP contribution in [0, 0.1) is 0 Å². The lowest BCUT2D eigenvalue weighted by molar-refractivity contribution is -0.138. The maximum absolute atomic E-state index is 11.6. The van der Waals surface area contributed by atoms with Crippen LogP contribution in [0.4, 0.5) is 0 Å². The molecule has 0 atom stereocenters. The molecule has 0 aliphatic carbocycles. The Bertz CT molecular complexity index is 769. The van der Waals surface area contributed by atoms with Gasteiger partial charge in [0.2, 0.25) is 0 Å². The molecule has 0 radical (unpaired) electrons. The standard InChI is InChI=1S/C17H15N3O3/c1-2-22-17(21)16(19-20-18)11-15-10-14(12-23-15)9-8-13-6-4-3-5-7-13/h3-12H,2H2,1H3/b9-8+,16-11-. The Hall–Kier alpha value is -3.24. The Morgan fingerprint density at radius 2 is 2.04 bits per heavy atom. The molecule has 1 aromatic carbocycles. The van der Waals surface area contributed by atoms with Crippen molar-refractivity contribution < 1.29 is 13.9 Å². The predicted molar refractivity (Wildman–Crippen MR) is 87.8 cm³/mol. The van der Waals surface area contributed by atoms with Crippen LogP contribution in [-0.4, -0.2) is 12.6 Å². The molecule has 2 rings (SSSR count). The Morgan fingerprint density at radius 3 is 2.74 bits per heavy atom. The van der Waals surface area contributed by atoms with Crippen LogP contribution in [0.2, 0.25) is 0 Å². The Morgan fingerprint density at radius 1 is 1.30 bits per heavy atom. The SMILES string of the molecule is CCOC(=O)/C(=C/c1cc(/C=C/c2ccccc2)co1)N=[N+]=[N-]. The predicted octanol–water partition coefficient (Wildman–Crippen LogP) is 4.66. The van der Waals surface area contributed by atoms with E-state index >= 15 is 0 Å². The van der Waals surface area contributed by atoms with Crippen LogP contribution < -0.4 is 0 Å². The number of azide groups is 1. The number of esters is 1. The molecule has 1 aromatic heterocycles. The van der Waals surface area contributed by atoms with Crippen LogP contribution in [0.3, 0.4) is 0 Å². The van der Waals surface area contributed by atoms with Crippen molar-refractivity contribution in [1.82, 2.24) is 0 Å². The Balaban J connectivity index is 2.17. The van der Waals surface area contributed by atoms with Crippen LogP contribution >= 0.6 is 0 Å². The minimum absolute atomic E-state index is 0.151. The number of hydrogen-bond acceptors (Lipinski definition) is 4. The monoisotopic (exact) mass is 309 g/mol. The highest BCUT2D eigenvalue weighted by molar-refractivity contribution is 5.93. The van der Waals surface area contributed by atoms with Gasteiger partial charge in [-0.05, 0) is 30.2 Å². The maximum atomic E-state index is 11.6. The van der Waals surface area contributed by atoms with E-state index in [0.717, 1.165) is 11.1 Å². The summed E-state index contributed by atoms with van der Waals surface area (Å²) in [5, 5.41) is 3.33. The van der Waals surface area contributed by atoms with Gasteiger partial charge in [-0.3, -0.25) is 0 Å². The Labute approximate surface area is 133 Å². The largest absolute Gasteiger partial charge is 0.464 e. The van der Waals surface area contributed by atoms with Gasteiger partial charge >= 0.3 is 5.97 Å². The first-order valence-electron chi connectivity index (χ1n) is 6.98. The highest BCUT2D eigenvalue weighted by atomic mass is 16.5. The van der Waals surface area contributed by atoms with Gasteiger partial charge < -0.3 is 9.15 Å². The van der Waals surface area contributed by atoms with E-state index < -0.39 is 5.97 Å². The van der Waals surface area contributed by atoms with Crippen LogP contribution in [0.5, 0.6) is 0 Å². The topological polar surface area (TPSA) is 88.2 Å². The molecule has 2 aromatic rings. The second-order valence-electron chi connectivity index (χ2n) is 4.47. The van der Waals surface area contributed by atoms with Gasteiger partial charge in [0.15, 0.2) is 0 Å². The lowest BCUT2D eigenvalue weighted by Crippen LogP contribution is -2.05. The fourth-order valence-electron chi connectivity index (χ4n) is 1.80. The van der Waals surface area contributed by atoms with E-state index in [1.165, 1.54) is 6.08 Å². The first-order valence-corrected chi connectivity index (χ1v) is 6.98. The third-order valence-corrected chi connectivity index (χ3v) is 2.82. The highest BCUT2D eigenvalue weighted by Gasteiger charge is 2.09. The molecular formula is C17H15N3O3. The summed E-state index contributed by atoms with van der Waals surface area (Å²) in [6, 6.07) is 11.6. The molecule has 0 saturated heterocycles. The average Bonchev–Trinajstić information content (AvgIpc) is 3.01. The number of carbonyl (C=O) groups is 1. The van der Waals surface area contributed by atoms with Crippen LogP contribution in [0.1, 0.15) is 23.8 Å². The maximum Gasteiger partial charge on any atom is 0.340 e. The molecule has 0 fully saturated rings. The molecule has 0 aliphatic rings. The third kappa shape index (κ3) is 4.91. The second-order valence-corrected chi connectivity index (χ2v) is 4.47. The first kappa shape index (κ1) is 16.1. The zero-order chi connectivity index (χ0) is 16.5. The summed E-state index contributed by atoms with van der Waals surface area (Å²) in [6.07, 6.45) is 6.72. The number of carbonyl (C=O) groups excluding carboxylic acids is 1. The summed E-state index contributed by atoms with van der Waals surface area (Å²) in [6.45, 7) is 1.87. The third-order valence-electron chi connectivity index (χ3n) is 2.82. The van der Waals surface area contributed by atoms with Crippen molar-refractivity contribution in [2.75, 3.05) is 6.61 Å². The van der Waals surface area contributed by atoms with Crippen molar-refractivity contribution in [3.05, 3.63) is 75.7 Å². The van der Waals surface area contributed by atoms with Gasteiger partial charge in [-0.25, -0.2) is 4.79 Å². The zero-order valence-electron chi connectivity index (χ0n) is 12.5. The molecule has 0 spiro atoms. The molecule has 0 N–H and O–H groups in total. The molecule has 1 heterocycles. The van der Waals surface area contributed by atoms with Gasteiger partial charge in [-0.2, -0.15) is 0 Å². The molecule has 6 nitrogen and oxygen atoms in total. The molecule has 23 heavy (non-hydrogen) atoms. The molecular weight excluding hydrogens is 294 g/mol. The molecule has 6 heteroatoms. The lowest BCUT2D eigenvalue weighted by Gasteiger charge is -1.99. The van der Waals surface area contributed by atoms with Crippen LogP contribution in [-0.2, 0) is 9.53 Å². The summed E-state index contributed by atoms with van der Waals surface area (Å²) in [5.74, 6) is -0.295. The van der Waals surface area contributed by atoms with Crippen LogP contribution in [0.15, 0.2) is 57.9 Å². The summed E-state index contributed by atoms with van der Waals surface area (Å²) in [7, 11) is 0. The molecule has 0 bridgehead atoms. The minimum atomic E-state index is -0.692. The van der Waals surface area contributed by atoms with Gasteiger partial charge in [0.05, 0.1) is 12.9 Å². The summed E-state index contributed by atoms with van der Waals surface area (Å²) in [5.41, 5.74) is 10.3. The zero-order valence-corrected chi connectivity index (χ0v) is 12.5. The average molecular weight is 309 g/mol. The first-order chi connectivity index (χ1) is 11.2. The van der Waals surface area contributed by atoms with E-state index in [9.17, 15) is 4.79 Å². The normalized spacial score (nSPS) is 11.3. The summed E-state index contributed by atoms with van der Waals surface area (Å²) >= 11 is 0. The van der Waals surface area contributed by atoms with Crippen LogP contribution in [0.25, 0.3) is 28.7 Å². The molecule has 0 saturated carbocycles. The molecule has 116 valence electrons. The number of furan rings is 1. The van der Waals surface area contributed by atoms with E-state index in [1.807, 2.05) is 42.5 Å². The lowest BCUT2D eigenvalue weighted by atomic mass is 10.2. The van der Waals surface area contributed by atoms with Crippen molar-refractivity contribution in [3.63, 3.8) is 0 Å². The number of nitrogens with zero attached hydrogens (tertiary/aromatic N) is 3. The van der Waals surface area contributed by atoms with Gasteiger partial charge in [-0.15, -0.1) is 0 Å². The summed E-state index contributed by atoms with van der Waals surface area (Å²) < 4.78 is 10.2.